The number of halogens is 2. The van der Waals surface area contributed by atoms with Crippen LogP contribution in [0.4, 0.5) is 5.69 Å². The number of rotatable bonds is 9. The summed E-state index contributed by atoms with van der Waals surface area (Å²) in [7, 11) is -1.90. The summed E-state index contributed by atoms with van der Waals surface area (Å²) in [5, 5.41) is 10.9. The minimum absolute atomic E-state index is 0.0722. The van der Waals surface area contributed by atoms with Crippen molar-refractivity contribution in [2.75, 3.05) is 31.5 Å². The number of likely N-dealkylation sites (N-methyl/N-ethyl adjacent to an activating group) is 1. The number of aliphatic hydroxyl groups is 1. The number of nitrogens with zero attached hydrogens (tertiary/aromatic N) is 2. The van der Waals surface area contributed by atoms with E-state index in [4.69, 9.17) is 27.9 Å². The summed E-state index contributed by atoms with van der Waals surface area (Å²) in [4.78, 5) is 17.6. The van der Waals surface area contributed by atoms with Gasteiger partial charge in [-0.05, 0) is 68.9 Å². The lowest BCUT2D eigenvalue weighted by atomic mass is 9.99. The quantitative estimate of drug-likeness (QED) is 0.330. The molecule has 3 aromatic carbocycles. The molecule has 3 atom stereocenters. The van der Waals surface area contributed by atoms with Crippen molar-refractivity contribution in [1.82, 2.24) is 9.80 Å². The van der Waals surface area contributed by atoms with Gasteiger partial charge in [-0.2, -0.15) is 0 Å². The van der Waals surface area contributed by atoms with Crippen LogP contribution in [-0.4, -0.2) is 68.1 Å². The molecule has 1 aliphatic rings. The van der Waals surface area contributed by atoms with Gasteiger partial charge in [0.05, 0.1) is 33.2 Å². The Balaban J connectivity index is 1.62. The predicted molar refractivity (Wildman–Crippen MR) is 162 cm³/mol. The van der Waals surface area contributed by atoms with Gasteiger partial charge in [0.1, 0.15) is 11.9 Å². The highest BCUT2D eigenvalue weighted by molar-refractivity contribution is 7.92. The molecule has 4 rings (SSSR count). The van der Waals surface area contributed by atoms with E-state index in [0.717, 1.165) is 11.1 Å². The molecule has 3 aromatic rings. The number of amides is 1. The van der Waals surface area contributed by atoms with Crippen LogP contribution in [0.2, 0.25) is 10.0 Å². The second-order valence-electron chi connectivity index (χ2n) is 10.7. The number of hydrogen-bond acceptors (Lipinski definition) is 6. The number of ether oxygens (including phenoxy) is 1. The molecule has 2 N–H and O–H groups in total. The summed E-state index contributed by atoms with van der Waals surface area (Å²) < 4.78 is 35.1. The van der Waals surface area contributed by atoms with Crippen LogP contribution in [0.25, 0.3) is 0 Å². The second kappa shape index (κ2) is 13.0. The molecule has 0 bridgehead atoms. The lowest BCUT2D eigenvalue weighted by Gasteiger charge is -2.38. The van der Waals surface area contributed by atoms with Crippen molar-refractivity contribution in [3.05, 3.63) is 87.4 Å². The average Bonchev–Trinajstić information content (AvgIpc) is 2.92. The number of carbonyl (C=O) groups is 1. The van der Waals surface area contributed by atoms with Crippen LogP contribution in [0.3, 0.4) is 0 Å². The summed E-state index contributed by atoms with van der Waals surface area (Å²) in [6, 6.07) is 16.3. The van der Waals surface area contributed by atoms with Gasteiger partial charge in [-0.1, -0.05) is 53.9 Å². The molecule has 0 aromatic heterocycles. The fourth-order valence-electron chi connectivity index (χ4n) is 4.76. The minimum atomic E-state index is -3.88. The van der Waals surface area contributed by atoms with E-state index in [-0.39, 0.29) is 40.7 Å². The van der Waals surface area contributed by atoms with E-state index < -0.39 is 16.1 Å². The molecule has 1 heterocycles. The number of hydrogen-bond donors (Lipinski definition) is 2. The van der Waals surface area contributed by atoms with E-state index in [9.17, 15) is 18.3 Å². The third-order valence-corrected chi connectivity index (χ3v) is 9.31. The number of fused-ring (bicyclic) bond motifs is 1. The zero-order valence-corrected chi connectivity index (χ0v) is 25.8. The highest BCUT2D eigenvalue weighted by atomic mass is 35.5. The smallest absolute Gasteiger partial charge is 0.261 e. The number of aryl methyl sites for hydroxylation is 1. The first-order chi connectivity index (χ1) is 19.4. The van der Waals surface area contributed by atoms with Crippen molar-refractivity contribution in [2.45, 2.75) is 44.4 Å². The van der Waals surface area contributed by atoms with E-state index in [0.29, 0.717) is 35.4 Å². The Bertz CT molecular complexity index is 1500. The van der Waals surface area contributed by atoms with Crippen LogP contribution in [0.15, 0.2) is 65.6 Å². The summed E-state index contributed by atoms with van der Waals surface area (Å²) in [5.74, 6) is -0.0626. The Kier molecular flexibility index (Phi) is 9.87. The van der Waals surface area contributed by atoms with Crippen molar-refractivity contribution in [1.29, 1.82) is 0 Å². The van der Waals surface area contributed by atoms with Gasteiger partial charge in [-0.15, -0.1) is 0 Å². The maximum absolute atomic E-state index is 13.7. The van der Waals surface area contributed by atoms with Gasteiger partial charge >= 0.3 is 0 Å². The molecule has 0 radical (unpaired) electrons. The van der Waals surface area contributed by atoms with Crippen LogP contribution >= 0.6 is 23.2 Å². The molecule has 1 aliphatic heterocycles. The molecule has 0 spiro atoms. The molecule has 0 unspecified atom stereocenters. The predicted octanol–water partition coefficient (Wildman–Crippen LogP) is 5.45. The van der Waals surface area contributed by atoms with Crippen molar-refractivity contribution >= 4 is 44.8 Å². The number of benzene rings is 3. The molecule has 0 fully saturated rings. The van der Waals surface area contributed by atoms with Gasteiger partial charge < -0.3 is 14.7 Å². The molecule has 8 nitrogen and oxygen atoms in total. The van der Waals surface area contributed by atoms with Crippen molar-refractivity contribution in [2.24, 2.45) is 5.92 Å². The standard InChI is InChI=1S/C30H35Cl2N3O5S/c1-19-5-9-24(10-6-19)41(38,39)33-23-8-12-28-25(14-23)30(37)35(21(3)18-36)15-20(2)29(40-28)17-34(4)16-22-7-11-26(31)27(32)13-22/h5-14,20-21,29,33,36H,15-18H2,1-4H3/t20-,21-,29-/m1/s1. The second-order valence-corrected chi connectivity index (χ2v) is 13.2. The van der Waals surface area contributed by atoms with Gasteiger partial charge in [0.15, 0.2) is 0 Å². The highest BCUT2D eigenvalue weighted by Crippen LogP contribution is 2.32. The molecule has 0 aliphatic carbocycles. The van der Waals surface area contributed by atoms with E-state index in [1.54, 1.807) is 42.2 Å². The minimum Gasteiger partial charge on any atom is -0.488 e. The fraction of sp³-hybridized carbons (Fsp3) is 0.367. The number of aliphatic hydroxyl groups excluding tert-OH is 1. The lowest BCUT2D eigenvalue weighted by Crippen LogP contribution is -2.49. The zero-order chi connectivity index (χ0) is 29.9. The Hall–Kier alpha value is -2.82. The van der Waals surface area contributed by atoms with Crippen molar-refractivity contribution in [3.63, 3.8) is 0 Å². The van der Waals surface area contributed by atoms with Crippen LogP contribution in [-0.2, 0) is 16.6 Å². The molecule has 0 saturated heterocycles. The van der Waals surface area contributed by atoms with Crippen molar-refractivity contribution in [3.8, 4) is 5.75 Å². The number of carbonyl (C=O) groups excluding carboxylic acids is 1. The van der Waals surface area contributed by atoms with E-state index in [1.807, 2.05) is 33.0 Å². The average molecular weight is 621 g/mol. The molecule has 41 heavy (non-hydrogen) atoms. The topological polar surface area (TPSA) is 99.2 Å². The normalized spacial score (nSPS) is 18.3. The van der Waals surface area contributed by atoms with E-state index in [2.05, 4.69) is 9.62 Å². The maximum Gasteiger partial charge on any atom is 0.261 e. The van der Waals surface area contributed by atoms with Crippen molar-refractivity contribution < 1.29 is 23.1 Å². The summed E-state index contributed by atoms with van der Waals surface area (Å²) in [6.45, 7) is 6.95. The third kappa shape index (κ3) is 7.53. The Morgan fingerprint density at radius 1 is 1.10 bits per heavy atom. The zero-order valence-electron chi connectivity index (χ0n) is 23.5. The fourth-order valence-corrected chi connectivity index (χ4v) is 6.13. The molecule has 11 heteroatoms. The molecule has 220 valence electrons. The molecule has 0 saturated carbocycles. The summed E-state index contributed by atoms with van der Waals surface area (Å²) in [6.07, 6.45) is -0.307. The van der Waals surface area contributed by atoms with E-state index >= 15 is 0 Å². The van der Waals surface area contributed by atoms with Crippen LogP contribution in [0.5, 0.6) is 5.75 Å². The molecular formula is C30H35Cl2N3O5S. The van der Waals surface area contributed by atoms with Crippen LogP contribution in [0.1, 0.15) is 35.3 Å². The van der Waals surface area contributed by atoms with Crippen LogP contribution in [0, 0.1) is 12.8 Å². The third-order valence-electron chi connectivity index (χ3n) is 7.18. The van der Waals surface area contributed by atoms with Gasteiger partial charge in [-0.3, -0.25) is 14.4 Å². The Labute approximate surface area is 251 Å². The lowest BCUT2D eigenvalue weighted by molar-refractivity contribution is 0.0341. The first-order valence-electron chi connectivity index (χ1n) is 13.3. The largest absolute Gasteiger partial charge is 0.488 e. The van der Waals surface area contributed by atoms with Gasteiger partial charge in [0, 0.05) is 31.2 Å². The monoisotopic (exact) mass is 619 g/mol. The Morgan fingerprint density at radius 3 is 2.46 bits per heavy atom. The highest BCUT2D eigenvalue weighted by Gasteiger charge is 2.33. The summed E-state index contributed by atoms with van der Waals surface area (Å²) in [5.41, 5.74) is 2.40. The van der Waals surface area contributed by atoms with Gasteiger partial charge in [-0.25, -0.2) is 8.42 Å². The number of nitrogens with one attached hydrogen (secondary N) is 1. The SMILES string of the molecule is Cc1ccc(S(=O)(=O)Nc2ccc3c(c2)C(=O)N([C@H](C)CO)C[C@@H](C)[C@@H](CN(C)Cc2ccc(Cl)c(Cl)c2)O3)cc1. The first-order valence-corrected chi connectivity index (χ1v) is 15.6. The number of anilines is 1. The molecular weight excluding hydrogens is 585 g/mol. The molecule has 1 amide bonds. The first kappa shape index (κ1) is 31.1. The summed E-state index contributed by atoms with van der Waals surface area (Å²) >= 11 is 12.3. The van der Waals surface area contributed by atoms with Crippen LogP contribution < -0.4 is 9.46 Å². The van der Waals surface area contributed by atoms with Gasteiger partial charge in [0.25, 0.3) is 15.9 Å². The maximum atomic E-state index is 13.7. The number of sulfonamides is 1. The van der Waals surface area contributed by atoms with E-state index in [1.165, 1.54) is 18.2 Å². The van der Waals surface area contributed by atoms with Gasteiger partial charge in [0.2, 0.25) is 0 Å². The Morgan fingerprint density at radius 2 is 1.80 bits per heavy atom.